The summed E-state index contributed by atoms with van der Waals surface area (Å²) in [5.41, 5.74) is 5.36. The van der Waals surface area contributed by atoms with Crippen LogP contribution >= 0.6 is 0 Å². The standard InChI is InChI=1S/C26H19F4N9O/c27-16-5-7-17(8-6-16)36-24(40)18-9-25(12-31,26(28,29)30)13-35-22(18)33-10-14-1-3-15(4-2-14)19-11-34-23-20(37-19)21(32)38-39-23/h1-9,11H,10,13H2,(H,33,35)(H,36,40)(H3,32,34,38,39). The van der Waals surface area contributed by atoms with Crippen molar-refractivity contribution in [3.63, 3.8) is 0 Å². The number of nitrogens with two attached hydrogens (primary N) is 1. The van der Waals surface area contributed by atoms with E-state index in [9.17, 15) is 27.6 Å². The zero-order valence-electron chi connectivity index (χ0n) is 20.4. The molecule has 0 aliphatic carbocycles. The summed E-state index contributed by atoms with van der Waals surface area (Å²) in [6.07, 6.45) is -2.85. The Kier molecular flexibility index (Phi) is 6.64. The van der Waals surface area contributed by atoms with E-state index in [2.05, 4.69) is 35.8 Å². The summed E-state index contributed by atoms with van der Waals surface area (Å²) in [5.74, 6) is -1.32. The molecule has 14 heteroatoms. The number of nitriles is 1. The van der Waals surface area contributed by atoms with Gasteiger partial charge in [0.15, 0.2) is 10.9 Å². The average Bonchev–Trinajstić information content (AvgIpc) is 3.32. The highest BCUT2D eigenvalue weighted by atomic mass is 19.4. The van der Waals surface area contributed by atoms with Gasteiger partial charge in [0.1, 0.15) is 17.5 Å². The molecule has 2 aromatic carbocycles. The predicted octanol–water partition coefficient (Wildman–Crippen LogP) is 3.88. The topological polar surface area (TPSA) is 158 Å². The lowest BCUT2D eigenvalue weighted by atomic mass is 9.84. The lowest BCUT2D eigenvalue weighted by Gasteiger charge is -2.29. The fraction of sp³-hybridized carbons (Fsp3) is 0.154. The van der Waals surface area contributed by atoms with Gasteiger partial charge in [-0.25, -0.2) is 14.4 Å². The van der Waals surface area contributed by atoms with Crippen LogP contribution in [0.2, 0.25) is 0 Å². The van der Waals surface area contributed by atoms with Crippen LogP contribution < -0.4 is 16.4 Å². The summed E-state index contributed by atoms with van der Waals surface area (Å²) in [6, 6.07) is 13.0. The number of rotatable bonds is 5. The van der Waals surface area contributed by atoms with E-state index in [1.807, 2.05) is 0 Å². The molecule has 0 radical (unpaired) electrons. The average molecular weight is 549 g/mol. The van der Waals surface area contributed by atoms with E-state index in [0.29, 0.717) is 22.9 Å². The number of aliphatic imine (C=N–C) groups is 1. The van der Waals surface area contributed by atoms with E-state index in [1.54, 1.807) is 30.5 Å². The number of alkyl halides is 3. The van der Waals surface area contributed by atoms with Gasteiger partial charge in [0.05, 0.1) is 30.1 Å². The minimum Gasteiger partial charge on any atom is -0.382 e. The molecule has 202 valence electrons. The van der Waals surface area contributed by atoms with E-state index in [4.69, 9.17) is 5.73 Å². The number of amides is 1. The molecule has 1 aliphatic rings. The van der Waals surface area contributed by atoms with Crippen LogP contribution in [0.4, 0.5) is 29.1 Å². The van der Waals surface area contributed by atoms with Crippen molar-refractivity contribution in [2.75, 3.05) is 17.6 Å². The molecule has 1 aliphatic heterocycles. The van der Waals surface area contributed by atoms with Crippen LogP contribution in [0.25, 0.3) is 22.4 Å². The molecule has 1 atom stereocenters. The zero-order chi connectivity index (χ0) is 28.5. The maximum Gasteiger partial charge on any atom is 0.412 e. The number of nitrogens with one attached hydrogen (secondary N) is 3. The third kappa shape index (κ3) is 5.04. The first kappa shape index (κ1) is 26.3. The first-order valence-electron chi connectivity index (χ1n) is 11.7. The maximum atomic E-state index is 13.8. The van der Waals surface area contributed by atoms with Gasteiger partial charge in [-0.2, -0.15) is 23.5 Å². The minimum atomic E-state index is -4.97. The second-order valence-corrected chi connectivity index (χ2v) is 8.88. The number of benzene rings is 2. The van der Waals surface area contributed by atoms with E-state index in [-0.39, 0.29) is 23.9 Å². The van der Waals surface area contributed by atoms with Crippen molar-refractivity contribution >= 4 is 34.4 Å². The Morgan fingerprint density at radius 2 is 1.88 bits per heavy atom. The van der Waals surface area contributed by atoms with Gasteiger partial charge in [-0.1, -0.05) is 24.3 Å². The number of carbonyl (C=O) groups is 1. The van der Waals surface area contributed by atoms with Crippen LogP contribution in [-0.4, -0.2) is 44.6 Å². The molecule has 1 amide bonds. The highest BCUT2D eigenvalue weighted by molar-refractivity contribution is 6.25. The molecule has 0 spiro atoms. The Hall–Kier alpha value is -5.32. The van der Waals surface area contributed by atoms with Crippen LogP contribution in [0.1, 0.15) is 5.56 Å². The van der Waals surface area contributed by atoms with Crippen molar-refractivity contribution in [1.29, 1.82) is 5.26 Å². The highest BCUT2D eigenvalue weighted by Crippen LogP contribution is 2.42. The number of aromatic nitrogens is 4. The van der Waals surface area contributed by atoms with Gasteiger partial charge in [-0.3, -0.25) is 14.9 Å². The molecule has 40 heavy (non-hydrogen) atoms. The predicted molar refractivity (Wildman–Crippen MR) is 138 cm³/mol. The number of amidine groups is 1. The zero-order valence-corrected chi connectivity index (χ0v) is 20.4. The number of nitrogen functional groups attached to an aromatic ring is 1. The molecule has 0 saturated heterocycles. The van der Waals surface area contributed by atoms with Crippen molar-refractivity contribution in [2.24, 2.45) is 10.4 Å². The fourth-order valence-electron chi connectivity index (χ4n) is 3.94. The molecule has 0 saturated carbocycles. The Bertz CT molecular complexity index is 1690. The van der Waals surface area contributed by atoms with Gasteiger partial charge < -0.3 is 16.4 Å². The second kappa shape index (κ2) is 10.1. The van der Waals surface area contributed by atoms with Gasteiger partial charge in [0.25, 0.3) is 5.91 Å². The summed E-state index contributed by atoms with van der Waals surface area (Å²) in [7, 11) is 0. The minimum absolute atomic E-state index is 0.102. The highest BCUT2D eigenvalue weighted by Gasteiger charge is 2.56. The molecular weight excluding hydrogens is 530 g/mol. The van der Waals surface area contributed by atoms with Gasteiger partial charge in [-0.05, 0) is 35.9 Å². The normalized spacial score (nSPS) is 17.1. The number of aromatic amines is 1. The van der Waals surface area contributed by atoms with E-state index in [1.165, 1.54) is 18.2 Å². The molecule has 3 heterocycles. The van der Waals surface area contributed by atoms with Crippen LogP contribution in [0.15, 0.2) is 71.4 Å². The lowest BCUT2D eigenvalue weighted by Crippen LogP contribution is -2.44. The quantitative estimate of drug-likeness (QED) is 0.275. The maximum absolute atomic E-state index is 13.8. The van der Waals surface area contributed by atoms with Crippen molar-refractivity contribution in [2.45, 2.75) is 12.7 Å². The summed E-state index contributed by atoms with van der Waals surface area (Å²) in [6.45, 7) is -0.814. The number of anilines is 2. The number of fused-ring (bicyclic) bond motifs is 1. The number of hydrogen-bond acceptors (Lipinski definition) is 8. The lowest BCUT2D eigenvalue weighted by molar-refractivity contribution is -0.183. The van der Waals surface area contributed by atoms with Crippen molar-refractivity contribution in [3.05, 3.63) is 77.8 Å². The van der Waals surface area contributed by atoms with E-state index in [0.717, 1.165) is 23.3 Å². The summed E-state index contributed by atoms with van der Waals surface area (Å²) >= 11 is 0. The first-order chi connectivity index (χ1) is 19.1. The number of nitrogens with zero attached hydrogens (tertiary/aromatic N) is 5. The molecule has 2 aromatic heterocycles. The fourth-order valence-corrected chi connectivity index (χ4v) is 3.94. The molecule has 0 bridgehead atoms. The van der Waals surface area contributed by atoms with Crippen LogP contribution in [-0.2, 0) is 11.3 Å². The Morgan fingerprint density at radius 3 is 2.55 bits per heavy atom. The Balaban J connectivity index is 1.36. The number of carbonyl (C=O) groups excluding carboxylic acids is 1. The van der Waals surface area contributed by atoms with Crippen molar-refractivity contribution in [3.8, 4) is 17.3 Å². The smallest absolute Gasteiger partial charge is 0.382 e. The van der Waals surface area contributed by atoms with Gasteiger partial charge >= 0.3 is 6.18 Å². The van der Waals surface area contributed by atoms with Gasteiger partial charge in [0, 0.05) is 17.8 Å². The van der Waals surface area contributed by atoms with Crippen molar-refractivity contribution < 1.29 is 22.4 Å². The van der Waals surface area contributed by atoms with E-state index < -0.39 is 35.4 Å². The Labute approximate surface area is 223 Å². The summed E-state index contributed by atoms with van der Waals surface area (Å²) < 4.78 is 54.6. The molecular formula is C26H19F4N9O. The number of halogens is 4. The van der Waals surface area contributed by atoms with Gasteiger partial charge in [-0.15, -0.1) is 0 Å². The van der Waals surface area contributed by atoms with Crippen LogP contribution in [0, 0.1) is 22.6 Å². The number of dihydropyridines is 1. The molecule has 1 unspecified atom stereocenters. The Morgan fingerprint density at radius 1 is 1.15 bits per heavy atom. The third-order valence-electron chi connectivity index (χ3n) is 6.18. The van der Waals surface area contributed by atoms with Gasteiger partial charge in [0.2, 0.25) is 5.65 Å². The third-order valence-corrected chi connectivity index (χ3v) is 6.18. The molecule has 5 rings (SSSR count). The van der Waals surface area contributed by atoms with Crippen LogP contribution in [0.3, 0.4) is 0 Å². The molecule has 4 aromatic rings. The monoisotopic (exact) mass is 549 g/mol. The summed E-state index contributed by atoms with van der Waals surface area (Å²) in [5, 5.41) is 21.2. The largest absolute Gasteiger partial charge is 0.412 e. The van der Waals surface area contributed by atoms with Crippen molar-refractivity contribution in [1.82, 2.24) is 25.5 Å². The molecule has 0 fully saturated rings. The second-order valence-electron chi connectivity index (χ2n) is 8.88. The number of hydrogen-bond donors (Lipinski definition) is 4. The summed E-state index contributed by atoms with van der Waals surface area (Å²) in [4.78, 5) is 25.6. The number of H-pyrrole nitrogens is 1. The SMILES string of the molecule is N#CC1(C(F)(F)F)C=C(C(=O)Nc2ccc(F)cc2)C(NCc2ccc(-c3cnc4n[nH]c(N)c4n3)cc2)=NC1. The van der Waals surface area contributed by atoms with Crippen LogP contribution in [0.5, 0.6) is 0 Å². The molecule has 5 N–H and O–H groups in total. The molecule has 10 nitrogen and oxygen atoms in total. The first-order valence-corrected chi connectivity index (χ1v) is 11.7. The van der Waals surface area contributed by atoms with E-state index >= 15 is 0 Å².